The summed E-state index contributed by atoms with van der Waals surface area (Å²) in [5, 5.41) is 11.6. The van der Waals surface area contributed by atoms with Gasteiger partial charge in [0.15, 0.2) is 5.84 Å². The first-order valence-corrected chi connectivity index (χ1v) is 16.5. The molecular formula is C45H32N4. The number of anilines is 1. The molecule has 0 spiro atoms. The highest BCUT2D eigenvalue weighted by molar-refractivity contribution is 6.30. The molecule has 49 heavy (non-hydrogen) atoms. The maximum absolute atomic E-state index is 5.22. The third-order valence-corrected chi connectivity index (χ3v) is 9.37. The van der Waals surface area contributed by atoms with E-state index in [-0.39, 0.29) is 0 Å². The van der Waals surface area contributed by atoms with Gasteiger partial charge in [0, 0.05) is 33.4 Å². The lowest BCUT2D eigenvalue weighted by atomic mass is 9.97. The molecule has 0 atom stereocenters. The van der Waals surface area contributed by atoms with Gasteiger partial charge in [0.2, 0.25) is 0 Å². The number of para-hydroxylation sites is 2. The Hall–Kier alpha value is -6.52. The van der Waals surface area contributed by atoms with Crippen LogP contribution in [0.4, 0.5) is 11.4 Å². The van der Waals surface area contributed by atoms with E-state index in [0.29, 0.717) is 5.84 Å². The fourth-order valence-electron chi connectivity index (χ4n) is 7.11. The molecule has 0 unspecified atom stereocenters. The van der Waals surface area contributed by atoms with Crippen LogP contribution in [-0.4, -0.2) is 10.4 Å². The zero-order chi connectivity index (χ0) is 32.9. The van der Waals surface area contributed by atoms with Crippen molar-refractivity contribution < 1.29 is 0 Å². The molecule has 2 heterocycles. The Kier molecular flexibility index (Phi) is 6.80. The SMILES string of the molecule is C=C(C)C1=Nc2ccccc2-c2c(c3c4ccccc4c4ccccc4c3n2-c2ccc(-c3ccccc3)cc2)N/C=c2\ccccc2=N1. The quantitative estimate of drug-likeness (QED) is 0.194. The first-order chi connectivity index (χ1) is 24.2. The molecule has 0 amide bonds. The van der Waals surface area contributed by atoms with E-state index in [9.17, 15) is 0 Å². The van der Waals surface area contributed by atoms with Crippen LogP contribution in [0.15, 0.2) is 174 Å². The number of fused-ring (bicyclic) bond motifs is 11. The standard InChI is InChI=1S/C45H32N4/c1-29(2)45-47-39-22-12-6-16-32(39)28-46-42-41-36-19-9-7-17-34(36)35-18-8-10-20-37(35)43(41)49(44(42)38-21-11-13-23-40(38)48-45)33-26-24-31(25-27-33)30-14-4-3-5-15-30/h3-28,46H,1H2,2H3/b32-28+,47-39?,48-45?. The maximum Gasteiger partial charge on any atom is 0.155 e. The first-order valence-electron chi connectivity index (χ1n) is 16.5. The molecule has 0 bridgehead atoms. The zero-order valence-electron chi connectivity index (χ0n) is 27.1. The third kappa shape index (κ3) is 4.77. The second-order valence-electron chi connectivity index (χ2n) is 12.5. The van der Waals surface area contributed by atoms with Crippen LogP contribution in [0.25, 0.3) is 66.7 Å². The van der Waals surface area contributed by atoms with Gasteiger partial charge in [-0.2, -0.15) is 0 Å². The Morgan fingerprint density at radius 3 is 1.98 bits per heavy atom. The van der Waals surface area contributed by atoms with Crippen LogP contribution in [0, 0.1) is 0 Å². The topological polar surface area (TPSA) is 41.7 Å². The van der Waals surface area contributed by atoms with Crippen molar-refractivity contribution in [2.75, 3.05) is 5.32 Å². The molecule has 1 N–H and O–H groups in total. The van der Waals surface area contributed by atoms with E-state index in [1.807, 2.05) is 31.2 Å². The summed E-state index contributed by atoms with van der Waals surface area (Å²) < 4.78 is 2.42. The molecule has 9 rings (SSSR count). The fourth-order valence-corrected chi connectivity index (χ4v) is 7.11. The van der Waals surface area contributed by atoms with Crippen LogP contribution in [0.2, 0.25) is 0 Å². The highest BCUT2D eigenvalue weighted by Gasteiger charge is 2.26. The second-order valence-corrected chi connectivity index (χ2v) is 12.5. The van der Waals surface area contributed by atoms with Crippen molar-refractivity contribution in [1.29, 1.82) is 0 Å². The van der Waals surface area contributed by atoms with Gasteiger partial charge in [-0.25, -0.2) is 9.98 Å². The molecule has 0 aliphatic carbocycles. The van der Waals surface area contributed by atoms with Gasteiger partial charge < -0.3 is 9.88 Å². The molecule has 7 aromatic carbocycles. The molecule has 1 aliphatic heterocycles. The molecule has 0 fully saturated rings. The van der Waals surface area contributed by atoms with Gasteiger partial charge in [-0.1, -0.05) is 134 Å². The van der Waals surface area contributed by atoms with Gasteiger partial charge in [-0.05, 0) is 64.0 Å². The van der Waals surface area contributed by atoms with Crippen LogP contribution in [0.5, 0.6) is 0 Å². The van der Waals surface area contributed by atoms with Crippen LogP contribution in [0.3, 0.4) is 0 Å². The summed E-state index contributed by atoms with van der Waals surface area (Å²) in [4.78, 5) is 10.3. The number of nitrogens with one attached hydrogen (secondary N) is 1. The van der Waals surface area contributed by atoms with Gasteiger partial charge in [-0.15, -0.1) is 0 Å². The van der Waals surface area contributed by atoms with Crippen molar-refractivity contribution in [2.45, 2.75) is 6.92 Å². The monoisotopic (exact) mass is 628 g/mol. The second kappa shape index (κ2) is 11.6. The lowest BCUT2D eigenvalue weighted by Gasteiger charge is -2.16. The van der Waals surface area contributed by atoms with Crippen LogP contribution in [-0.2, 0) is 0 Å². The Morgan fingerprint density at radius 1 is 0.592 bits per heavy atom. The summed E-state index contributed by atoms with van der Waals surface area (Å²) in [7, 11) is 0. The minimum Gasteiger partial charge on any atom is -0.359 e. The smallest absolute Gasteiger partial charge is 0.155 e. The van der Waals surface area contributed by atoms with E-state index in [1.165, 1.54) is 32.7 Å². The fraction of sp³-hybridized carbons (Fsp3) is 0.0222. The van der Waals surface area contributed by atoms with Crippen molar-refractivity contribution in [3.05, 3.63) is 174 Å². The predicted octanol–water partition coefficient (Wildman–Crippen LogP) is 10.4. The lowest BCUT2D eigenvalue weighted by Crippen LogP contribution is -2.26. The van der Waals surface area contributed by atoms with Crippen molar-refractivity contribution in [3.63, 3.8) is 0 Å². The number of aliphatic imine (C=N–C) groups is 1. The van der Waals surface area contributed by atoms with Crippen molar-refractivity contribution in [3.8, 4) is 28.1 Å². The Labute approximate surface area is 284 Å². The van der Waals surface area contributed by atoms with Gasteiger partial charge in [-0.3, -0.25) is 0 Å². The molecule has 8 aromatic rings. The average Bonchev–Trinajstić information content (AvgIpc) is 3.49. The number of rotatable bonds is 3. The minimum absolute atomic E-state index is 0.600. The predicted molar refractivity (Wildman–Crippen MR) is 206 cm³/mol. The van der Waals surface area contributed by atoms with E-state index in [0.717, 1.165) is 55.4 Å². The van der Waals surface area contributed by atoms with Gasteiger partial charge >= 0.3 is 0 Å². The molecule has 232 valence electrons. The molecular weight excluding hydrogens is 597 g/mol. The van der Waals surface area contributed by atoms with Crippen molar-refractivity contribution >= 4 is 55.9 Å². The van der Waals surface area contributed by atoms with Gasteiger partial charge in [0.1, 0.15) is 0 Å². The molecule has 4 nitrogen and oxygen atoms in total. The highest BCUT2D eigenvalue weighted by atomic mass is 15.0. The highest BCUT2D eigenvalue weighted by Crippen LogP contribution is 2.49. The summed E-state index contributed by atoms with van der Waals surface area (Å²) >= 11 is 0. The average molecular weight is 629 g/mol. The Balaban J connectivity index is 1.49. The van der Waals surface area contributed by atoms with Gasteiger partial charge in [0.05, 0.1) is 27.9 Å². The number of hydrogen-bond donors (Lipinski definition) is 1. The molecule has 1 aliphatic rings. The molecule has 0 saturated heterocycles. The maximum atomic E-state index is 5.22. The Bertz CT molecular complexity index is 2750. The summed E-state index contributed by atoms with van der Waals surface area (Å²) in [6.07, 6.45) is 2.08. The molecule has 0 radical (unpaired) electrons. The minimum atomic E-state index is 0.600. The summed E-state index contributed by atoms with van der Waals surface area (Å²) in [6, 6.07) is 53.4. The zero-order valence-corrected chi connectivity index (χ0v) is 27.1. The number of aromatic nitrogens is 1. The van der Waals surface area contributed by atoms with Crippen LogP contribution < -0.4 is 15.9 Å². The lowest BCUT2D eigenvalue weighted by molar-refractivity contribution is 1.14. The number of hydrogen-bond acceptors (Lipinski definition) is 3. The molecule has 4 heteroatoms. The first kappa shape index (κ1) is 28.7. The largest absolute Gasteiger partial charge is 0.359 e. The van der Waals surface area contributed by atoms with Crippen LogP contribution >= 0.6 is 0 Å². The number of nitrogens with zero attached hydrogens (tertiary/aromatic N) is 3. The van der Waals surface area contributed by atoms with Crippen molar-refractivity contribution in [2.24, 2.45) is 9.98 Å². The summed E-state index contributed by atoms with van der Waals surface area (Å²) in [5.74, 6) is 0.600. The summed E-state index contributed by atoms with van der Waals surface area (Å²) in [5.41, 5.74) is 9.22. The van der Waals surface area contributed by atoms with Crippen LogP contribution in [0.1, 0.15) is 6.92 Å². The van der Waals surface area contributed by atoms with E-state index < -0.39 is 0 Å². The normalized spacial score (nSPS) is 13.2. The van der Waals surface area contributed by atoms with E-state index >= 15 is 0 Å². The summed E-state index contributed by atoms with van der Waals surface area (Å²) in [6.45, 7) is 6.23. The van der Waals surface area contributed by atoms with Gasteiger partial charge in [0.25, 0.3) is 0 Å². The Morgan fingerprint density at radius 2 is 1.20 bits per heavy atom. The van der Waals surface area contributed by atoms with Crippen molar-refractivity contribution in [1.82, 2.24) is 4.57 Å². The molecule has 1 aromatic heterocycles. The molecule has 0 saturated carbocycles. The third-order valence-electron chi connectivity index (χ3n) is 9.37. The number of benzene rings is 7. The number of amidine groups is 1. The van der Waals surface area contributed by atoms with E-state index in [1.54, 1.807) is 0 Å². The van der Waals surface area contributed by atoms with E-state index in [2.05, 4.69) is 150 Å². The van der Waals surface area contributed by atoms with E-state index in [4.69, 9.17) is 9.98 Å².